The number of hydrogen-bond donors (Lipinski definition) is 2. The third-order valence-electron chi connectivity index (χ3n) is 3.84. The minimum absolute atomic E-state index is 0.535. The summed E-state index contributed by atoms with van der Waals surface area (Å²) in [6, 6.07) is 11.3. The summed E-state index contributed by atoms with van der Waals surface area (Å²) in [7, 11) is 0. The lowest BCUT2D eigenvalue weighted by atomic mass is 10.1. The molecule has 0 aliphatic heterocycles. The van der Waals surface area contributed by atoms with Gasteiger partial charge in [-0.3, -0.25) is 5.10 Å². The molecule has 0 aliphatic rings. The minimum Gasteiger partial charge on any atom is -0.360 e. The highest BCUT2D eigenvalue weighted by atomic mass is 35.5. The van der Waals surface area contributed by atoms with Crippen molar-refractivity contribution in [1.82, 2.24) is 15.2 Å². The molecule has 126 valence electrons. The molecule has 2 aromatic heterocycles. The van der Waals surface area contributed by atoms with Crippen molar-refractivity contribution in [3.05, 3.63) is 71.0 Å². The van der Waals surface area contributed by atoms with Gasteiger partial charge in [-0.15, -0.1) is 11.8 Å². The van der Waals surface area contributed by atoms with Crippen molar-refractivity contribution in [2.45, 2.75) is 10.6 Å². The van der Waals surface area contributed by atoms with Gasteiger partial charge >= 0.3 is 0 Å². The summed E-state index contributed by atoms with van der Waals surface area (Å²) < 4.78 is 26.4. The zero-order valence-corrected chi connectivity index (χ0v) is 14.4. The SMILES string of the molecule is Fc1ccc(-c2cc(CSc3c[nH]c4cc(Cl)ccc34)[nH]n2)cc1F. The number of halogens is 3. The first-order valence-corrected chi connectivity index (χ1v) is 8.85. The predicted octanol–water partition coefficient (Wildman–Crippen LogP) is 5.78. The Balaban J connectivity index is 1.52. The third kappa shape index (κ3) is 3.27. The molecule has 0 saturated heterocycles. The molecule has 0 aliphatic carbocycles. The zero-order valence-electron chi connectivity index (χ0n) is 12.8. The van der Waals surface area contributed by atoms with E-state index in [4.69, 9.17) is 11.6 Å². The molecule has 7 heteroatoms. The van der Waals surface area contributed by atoms with E-state index in [2.05, 4.69) is 15.2 Å². The lowest BCUT2D eigenvalue weighted by Crippen LogP contribution is -1.85. The number of thioether (sulfide) groups is 1. The average Bonchev–Trinajstić information content (AvgIpc) is 3.22. The molecular formula is C18H12ClF2N3S. The standard InChI is InChI=1S/C18H12ClF2N3S/c19-11-2-3-13-17(6-11)22-8-18(13)25-9-12-7-16(24-23-12)10-1-4-14(20)15(21)5-10/h1-8,22H,9H2,(H,23,24). The maximum Gasteiger partial charge on any atom is 0.159 e. The van der Waals surface area contributed by atoms with Crippen LogP contribution in [0.2, 0.25) is 5.02 Å². The summed E-state index contributed by atoms with van der Waals surface area (Å²) in [5.41, 5.74) is 3.00. The van der Waals surface area contributed by atoms with Crippen molar-refractivity contribution < 1.29 is 8.78 Å². The van der Waals surface area contributed by atoms with Crippen molar-refractivity contribution in [2.75, 3.05) is 0 Å². The van der Waals surface area contributed by atoms with Crippen LogP contribution in [-0.4, -0.2) is 15.2 Å². The van der Waals surface area contributed by atoms with Crippen molar-refractivity contribution in [3.63, 3.8) is 0 Å². The van der Waals surface area contributed by atoms with Crippen LogP contribution in [-0.2, 0) is 5.75 Å². The molecule has 0 atom stereocenters. The monoisotopic (exact) mass is 375 g/mol. The number of rotatable bonds is 4. The van der Waals surface area contributed by atoms with Gasteiger partial charge in [-0.1, -0.05) is 17.7 Å². The number of nitrogens with zero attached hydrogens (tertiary/aromatic N) is 1. The summed E-state index contributed by atoms with van der Waals surface area (Å²) in [5.74, 6) is -1.07. The Kier molecular flexibility index (Phi) is 4.23. The van der Waals surface area contributed by atoms with E-state index in [1.54, 1.807) is 11.8 Å². The van der Waals surface area contributed by atoms with Gasteiger partial charge in [0, 0.05) is 44.0 Å². The Hall–Kier alpha value is -2.31. The van der Waals surface area contributed by atoms with Crippen LogP contribution in [0.1, 0.15) is 5.69 Å². The summed E-state index contributed by atoms with van der Waals surface area (Å²) >= 11 is 7.64. The summed E-state index contributed by atoms with van der Waals surface area (Å²) in [6.07, 6.45) is 1.94. The van der Waals surface area contributed by atoms with Gasteiger partial charge < -0.3 is 4.98 Å². The molecule has 0 amide bonds. The number of hydrogen-bond acceptors (Lipinski definition) is 2. The largest absolute Gasteiger partial charge is 0.360 e. The van der Waals surface area contributed by atoms with Gasteiger partial charge in [0.15, 0.2) is 11.6 Å². The summed E-state index contributed by atoms with van der Waals surface area (Å²) in [5, 5.41) is 8.91. The van der Waals surface area contributed by atoms with Crippen molar-refractivity contribution >= 4 is 34.3 Å². The highest BCUT2D eigenvalue weighted by Crippen LogP contribution is 2.32. The molecule has 0 bridgehead atoms. The highest BCUT2D eigenvalue weighted by molar-refractivity contribution is 7.98. The maximum absolute atomic E-state index is 13.4. The van der Waals surface area contributed by atoms with E-state index in [0.29, 0.717) is 22.0 Å². The molecular weight excluding hydrogens is 364 g/mol. The first-order valence-electron chi connectivity index (χ1n) is 7.49. The van der Waals surface area contributed by atoms with Crippen molar-refractivity contribution in [2.24, 2.45) is 0 Å². The van der Waals surface area contributed by atoms with Crippen LogP contribution in [0, 0.1) is 11.6 Å². The first kappa shape index (κ1) is 16.2. The minimum atomic E-state index is -0.881. The molecule has 2 heterocycles. The number of nitrogens with one attached hydrogen (secondary N) is 2. The van der Waals surface area contributed by atoms with Gasteiger partial charge in [0.05, 0.1) is 5.69 Å². The molecule has 3 nitrogen and oxygen atoms in total. The van der Waals surface area contributed by atoms with Gasteiger partial charge in [-0.05, 0) is 36.4 Å². The summed E-state index contributed by atoms with van der Waals surface area (Å²) in [6.45, 7) is 0. The topological polar surface area (TPSA) is 44.5 Å². The highest BCUT2D eigenvalue weighted by Gasteiger charge is 2.10. The number of fused-ring (bicyclic) bond motifs is 1. The van der Waals surface area contributed by atoms with Crippen LogP contribution < -0.4 is 0 Å². The van der Waals surface area contributed by atoms with Crippen LogP contribution in [0.25, 0.3) is 22.2 Å². The van der Waals surface area contributed by atoms with Gasteiger partial charge in [0.25, 0.3) is 0 Å². The normalized spacial score (nSPS) is 11.3. The van der Waals surface area contributed by atoms with Gasteiger partial charge in [-0.2, -0.15) is 5.10 Å². The average molecular weight is 376 g/mol. The maximum atomic E-state index is 13.4. The van der Waals surface area contributed by atoms with E-state index in [1.165, 1.54) is 6.07 Å². The van der Waals surface area contributed by atoms with E-state index < -0.39 is 11.6 Å². The number of benzene rings is 2. The van der Waals surface area contributed by atoms with Crippen LogP contribution in [0.5, 0.6) is 0 Å². The molecule has 0 unspecified atom stereocenters. The van der Waals surface area contributed by atoms with Gasteiger partial charge in [0.2, 0.25) is 0 Å². The number of H-pyrrole nitrogens is 2. The molecule has 25 heavy (non-hydrogen) atoms. The molecule has 0 spiro atoms. The second-order valence-electron chi connectivity index (χ2n) is 5.54. The fraction of sp³-hybridized carbons (Fsp3) is 0.0556. The van der Waals surface area contributed by atoms with E-state index >= 15 is 0 Å². The Morgan fingerprint density at radius 3 is 2.76 bits per heavy atom. The fourth-order valence-electron chi connectivity index (χ4n) is 2.59. The Morgan fingerprint density at radius 1 is 1.04 bits per heavy atom. The Bertz CT molecular complexity index is 1060. The Morgan fingerprint density at radius 2 is 1.92 bits per heavy atom. The molecule has 2 N–H and O–H groups in total. The van der Waals surface area contributed by atoms with E-state index in [-0.39, 0.29) is 0 Å². The van der Waals surface area contributed by atoms with Crippen molar-refractivity contribution in [3.8, 4) is 11.3 Å². The van der Waals surface area contributed by atoms with Crippen LogP contribution in [0.4, 0.5) is 8.78 Å². The molecule has 4 rings (SSSR count). The number of aromatic nitrogens is 3. The predicted molar refractivity (Wildman–Crippen MR) is 96.8 cm³/mol. The van der Waals surface area contributed by atoms with E-state index in [9.17, 15) is 8.78 Å². The quantitative estimate of drug-likeness (QED) is 0.444. The molecule has 0 fully saturated rings. The zero-order chi connectivity index (χ0) is 17.4. The molecule has 0 radical (unpaired) electrons. The van der Waals surface area contributed by atoms with Crippen LogP contribution in [0.15, 0.2) is 53.6 Å². The lowest BCUT2D eigenvalue weighted by Gasteiger charge is -1.98. The van der Waals surface area contributed by atoms with E-state index in [1.807, 2.05) is 30.5 Å². The van der Waals surface area contributed by atoms with E-state index in [0.717, 1.165) is 33.6 Å². The summed E-state index contributed by atoms with van der Waals surface area (Å²) in [4.78, 5) is 4.31. The fourth-order valence-corrected chi connectivity index (χ4v) is 3.69. The second kappa shape index (κ2) is 6.54. The number of aromatic amines is 2. The van der Waals surface area contributed by atoms with Gasteiger partial charge in [0.1, 0.15) is 0 Å². The molecule has 2 aromatic carbocycles. The Labute approximate surface area is 151 Å². The lowest BCUT2D eigenvalue weighted by molar-refractivity contribution is 0.509. The van der Waals surface area contributed by atoms with Crippen LogP contribution in [0.3, 0.4) is 0 Å². The second-order valence-corrected chi connectivity index (χ2v) is 6.99. The molecule has 4 aromatic rings. The third-order valence-corrected chi connectivity index (χ3v) is 5.17. The first-order chi connectivity index (χ1) is 12.1. The van der Waals surface area contributed by atoms with Crippen molar-refractivity contribution in [1.29, 1.82) is 0 Å². The smallest absolute Gasteiger partial charge is 0.159 e. The van der Waals surface area contributed by atoms with Crippen LogP contribution >= 0.6 is 23.4 Å². The molecule has 0 saturated carbocycles. The van der Waals surface area contributed by atoms with Gasteiger partial charge in [-0.25, -0.2) is 8.78 Å².